The van der Waals surface area contributed by atoms with Gasteiger partial charge in [-0.3, -0.25) is 4.99 Å². The molecule has 0 aliphatic rings. The Balaban J connectivity index is 2.77. The molecule has 1 aromatic carbocycles. The van der Waals surface area contributed by atoms with Crippen molar-refractivity contribution in [3.05, 3.63) is 42.1 Å². The second kappa shape index (κ2) is 8.36. The van der Waals surface area contributed by atoms with Gasteiger partial charge in [-0.05, 0) is 33.4 Å². The lowest BCUT2D eigenvalue weighted by Gasteiger charge is -2.26. The highest BCUT2D eigenvalue weighted by atomic mass is 16.6. The molecule has 5 heteroatoms. The summed E-state index contributed by atoms with van der Waals surface area (Å²) in [6.07, 6.45) is 1.03. The summed E-state index contributed by atoms with van der Waals surface area (Å²) in [4.78, 5) is 16.0. The Morgan fingerprint density at radius 2 is 1.87 bits per heavy atom. The molecule has 1 unspecified atom stereocenters. The van der Waals surface area contributed by atoms with Crippen molar-refractivity contribution in [1.82, 2.24) is 10.6 Å². The fraction of sp³-hybridized carbons (Fsp3) is 0.444. The lowest BCUT2D eigenvalue weighted by molar-refractivity contribution is 0.0483. The molecule has 23 heavy (non-hydrogen) atoms. The number of benzene rings is 1. The molecular formula is C18H27N3O2. The summed E-state index contributed by atoms with van der Waals surface area (Å²) >= 11 is 0. The zero-order valence-electron chi connectivity index (χ0n) is 14.6. The van der Waals surface area contributed by atoms with Crippen molar-refractivity contribution in [3.8, 4) is 0 Å². The van der Waals surface area contributed by atoms with Crippen LogP contribution in [0.4, 0.5) is 4.79 Å². The number of hydrogen-bond donors (Lipinski definition) is 2. The molecule has 0 radical (unpaired) electrons. The molecule has 126 valence electrons. The zero-order valence-corrected chi connectivity index (χ0v) is 14.6. The van der Waals surface area contributed by atoms with E-state index in [2.05, 4.69) is 22.3 Å². The second-order valence-corrected chi connectivity index (χ2v) is 6.59. The third-order valence-corrected chi connectivity index (χ3v) is 2.98. The van der Waals surface area contributed by atoms with E-state index in [0.29, 0.717) is 5.70 Å². The lowest BCUT2D eigenvalue weighted by atomic mass is 10.1. The predicted molar refractivity (Wildman–Crippen MR) is 95.1 cm³/mol. The Hall–Kier alpha value is -2.30. The van der Waals surface area contributed by atoms with Gasteiger partial charge in [0.1, 0.15) is 11.8 Å². The van der Waals surface area contributed by atoms with Crippen LogP contribution >= 0.6 is 0 Å². The van der Waals surface area contributed by atoms with Crippen LogP contribution in [0.1, 0.15) is 40.2 Å². The van der Waals surface area contributed by atoms with Crippen LogP contribution in [0.2, 0.25) is 0 Å². The number of nitrogens with zero attached hydrogens (tertiary/aromatic N) is 1. The number of aliphatic imine (C=N–C) groups is 1. The molecule has 1 rings (SSSR count). The molecule has 1 atom stereocenters. The van der Waals surface area contributed by atoms with Gasteiger partial charge in [0.05, 0.1) is 5.70 Å². The fourth-order valence-corrected chi connectivity index (χ4v) is 1.83. The van der Waals surface area contributed by atoms with Crippen molar-refractivity contribution in [3.63, 3.8) is 0 Å². The van der Waals surface area contributed by atoms with Crippen molar-refractivity contribution >= 4 is 18.5 Å². The van der Waals surface area contributed by atoms with Crippen LogP contribution in [0.3, 0.4) is 0 Å². The standard InChI is InChI=1S/C18H27N3O2/c1-13(2)16(21-17(22)23-18(3,4)5)20-12-15(19-6)14-10-8-7-9-11-14/h7-13,16,20H,6H2,1-5H3,(H,21,22)/b15-12-. The van der Waals surface area contributed by atoms with E-state index in [4.69, 9.17) is 4.74 Å². The summed E-state index contributed by atoms with van der Waals surface area (Å²) in [7, 11) is 0. The maximum Gasteiger partial charge on any atom is 0.409 e. The van der Waals surface area contributed by atoms with Gasteiger partial charge in [0.2, 0.25) is 0 Å². The molecule has 0 bridgehead atoms. The van der Waals surface area contributed by atoms with E-state index in [-0.39, 0.29) is 12.1 Å². The van der Waals surface area contributed by atoms with E-state index in [1.54, 1.807) is 6.20 Å². The van der Waals surface area contributed by atoms with Gasteiger partial charge in [0.15, 0.2) is 0 Å². The summed E-state index contributed by atoms with van der Waals surface area (Å²) < 4.78 is 5.29. The van der Waals surface area contributed by atoms with Gasteiger partial charge in [-0.15, -0.1) is 0 Å². The van der Waals surface area contributed by atoms with Crippen molar-refractivity contribution in [2.45, 2.75) is 46.4 Å². The Morgan fingerprint density at radius 1 is 1.26 bits per heavy atom. The first-order valence-corrected chi connectivity index (χ1v) is 7.71. The molecule has 5 nitrogen and oxygen atoms in total. The van der Waals surface area contributed by atoms with Crippen LogP contribution in [-0.2, 0) is 4.74 Å². The molecule has 1 amide bonds. The number of hydrogen-bond acceptors (Lipinski definition) is 4. The Labute approximate surface area is 138 Å². The van der Waals surface area contributed by atoms with E-state index in [0.717, 1.165) is 5.56 Å². The average molecular weight is 317 g/mol. The van der Waals surface area contributed by atoms with Crippen LogP contribution < -0.4 is 10.6 Å². The Kier molecular flexibility index (Phi) is 6.82. The number of nitrogens with one attached hydrogen (secondary N) is 2. The molecule has 0 aliphatic heterocycles. The van der Waals surface area contributed by atoms with Crippen molar-refractivity contribution in [1.29, 1.82) is 0 Å². The highest BCUT2D eigenvalue weighted by Gasteiger charge is 2.20. The minimum Gasteiger partial charge on any atom is -0.444 e. The van der Waals surface area contributed by atoms with Gasteiger partial charge in [-0.1, -0.05) is 44.2 Å². The van der Waals surface area contributed by atoms with E-state index in [9.17, 15) is 4.79 Å². The summed E-state index contributed by atoms with van der Waals surface area (Å²) in [5, 5.41) is 6.00. The molecule has 0 aromatic heterocycles. The van der Waals surface area contributed by atoms with Gasteiger partial charge < -0.3 is 15.4 Å². The van der Waals surface area contributed by atoms with E-state index >= 15 is 0 Å². The highest BCUT2D eigenvalue weighted by Crippen LogP contribution is 2.14. The average Bonchev–Trinajstić information content (AvgIpc) is 2.45. The molecule has 0 heterocycles. The van der Waals surface area contributed by atoms with Crippen LogP contribution in [-0.4, -0.2) is 24.6 Å². The number of alkyl carbamates (subject to hydrolysis) is 1. The number of carbonyl (C=O) groups is 1. The molecule has 0 fully saturated rings. The number of ether oxygens (including phenoxy) is 1. The number of rotatable bonds is 6. The van der Waals surface area contributed by atoms with Gasteiger partial charge in [-0.2, -0.15) is 0 Å². The summed E-state index contributed by atoms with van der Waals surface area (Å²) in [5.41, 5.74) is 1.14. The van der Waals surface area contributed by atoms with Crippen molar-refractivity contribution in [2.24, 2.45) is 10.9 Å². The largest absolute Gasteiger partial charge is 0.444 e. The maximum atomic E-state index is 11.9. The second-order valence-electron chi connectivity index (χ2n) is 6.59. The third kappa shape index (κ3) is 7.00. The normalized spacial score (nSPS) is 13.4. The molecule has 2 N–H and O–H groups in total. The lowest BCUT2D eigenvalue weighted by Crippen LogP contribution is -2.48. The summed E-state index contributed by atoms with van der Waals surface area (Å²) in [6.45, 7) is 13.1. The number of carbonyl (C=O) groups excluding carboxylic acids is 1. The van der Waals surface area contributed by atoms with Crippen LogP contribution in [0.25, 0.3) is 5.70 Å². The SMILES string of the molecule is C=N/C(=C\NC(NC(=O)OC(C)(C)C)C(C)C)c1ccccc1. The van der Waals surface area contributed by atoms with Crippen LogP contribution in [0, 0.1) is 5.92 Å². The van der Waals surface area contributed by atoms with E-state index < -0.39 is 11.7 Å². The highest BCUT2D eigenvalue weighted by molar-refractivity contribution is 5.69. The molecular weight excluding hydrogens is 290 g/mol. The summed E-state index contributed by atoms with van der Waals surface area (Å²) in [5.74, 6) is 0.167. The zero-order chi connectivity index (χ0) is 17.5. The summed E-state index contributed by atoms with van der Waals surface area (Å²) in [6, 6.07) is 9.72. The van der Waals surface area contributed by atoms with Crippen LogP contribution in [0.15, 0.2) is 41.5 Å². The molecule has 0 spiro atoms. The molecule has 1 aromatic rings. The van der Waals surface area contributed by atoms with Gasteiger partial charge in [0, 0.05) is 11.8 Å². The van der Waals surface area contributed by atoms with E-state index in [1.807, 2.05) is 65.0 Å². The molecule has 0 saturated heterocycles. The van der Waals surface area contributed by atoms with Gasteiger partial charge in [0.25, 0.3) is 0 Å². The van der Waals surface area contributed by atoms with E-state index in [1.165, 1.54) is 0 Å². The topological polar surface area (TPSA) is 62.7 Å². The first-order valence-electron chi connectivity index (χ1n) is 7.71. The quantitative estimate of drug-likeness (QED) is 0.620. The molecule has 0 saturated carbocycles. The Bertz CT molecular complexity index is 545. The predicted octanol–water partition coefficient (Wildman–Crippen LogP) is 3.78. The maximum absolute atomic E-state index is 11.9. The smallest absolute Gasteiger partial charge is 0.409 e. The first kappa shape index (κ1) is 18.7. The minimum absolute atomic E-state index is 0.167. The van der Waals surface area contributed by atoms with Crippen molar-refractivity contribution < 1.29 is 9.53 Å². The minimum atomic E-state index is -0.528. The Morgan fingerprint density at radius 3 is 2.35 bits per heavy atom. The fourth-order valence-electron chi connectivity index (χ4n) is 1.83. The third-order valence-electron chi connectivity index (χ3n) is 2.98. The first-order chi connectivity index (χ1) is 10.7. The van der Waals surface area contributed by atoms with Crippen molar-refractivity contribution in [2.75, 3.05) is 0 Å². The monoisotopic (exact) mass is 317 g/mol. The van der Waals surface area contributed by atoms with Crippen LogP contribution in [0.5, 0.6) is 0 Å². The molecule has 0 aliphatic carbocycles. The number of amides is 1. The van der Waals surface area contributed by atoms with Gasteiger partial charge >= 0.3 is 6.09 Å². The van der Waals surface area contributed by atoms with Gasteiger partial charge in [-0.25, -0.2) is 4.79 Å².